The van der Waals surface area contributed by atoms with Crippen LogP contribution < -0.4 is 0 Å². The van der Waals surface area contributed by atoms with Crippen LogP contribution in [0.15, 0.2) is 36.1 Å². The minimum atomic E-state index is -2.65. The summed E-state index contributed by atoms with van der Waals surface area (Å²) in [6, 6.07) is 9.82. The van der Waals surface area contributed by atoms with Crippen molar-refractivity contribution in [2.24, 2.45) is 0 Å². The molecule has 4 heteroatoms. The fourth-order valence-electron chi connectivity index (χ4n) is 1.22. The second kappa shape index (κ2) is 6.95. The van der Waals surface area contributed by atoms with Gasteiger partial charge in [0.1, 0.15) is 0 Å². The zero-order chi connectivity index (χ0) is 11.9. The molecular weight excluding hydrogens is 239 g/mol. The molecule has 0 spiro atoms. The fourth-order valence-corrected chi connectivity index (χ4v) is 4.61. The van der Waals surface area contributed by atoms with E-state index in [0.29, 0.717) is 6.61 Å². The molecule has 2 nitrogen and oxygen atoms in total. The van der Waals surface area contributed by atoms with Gasteiger partial charge in [0.25, 0.3) is 6.57 Å². The summed E-state index contributed by atoms with van der Waals surface area (Å²) in [6.07, 6.45) is 1.86. The van der Waals surface area contributed by atoms with Crippen molar-refractivity contribution in [3.63, 3.8) is 0 Å². The third-order valence-corrected chi connectivity index (χ3v) is 6.15. The van der Waals surface area contributed by atoms with Crippen LogP contribution in [-0.2, 0) is 9.09 Å². The van der Waals surface area contributed by atoms with Crippen LogP contribution >= 0.6 is 18.0 Å². The molecule has 0 aliphatic heterocycles. The van der Waals surface area contributed by atoms with Crippen LogP contribution in [0.25, 0.3) is 6.08 Å². The average Bonchev–Trinajstić information content (AvgIpc) is 2.29. The van der Waals surface area contributed by atoms with Crippen LogP contribution in [0.1, 0.15) is 19.4 Å². The van der Waals surface area contributed by atoms with E-state index in [-0.39, 0.29) is 0 Å². The van der Waals surface area contributed by atoms with Gasteiger partial charge >= 0.3 is 0 Å². The highest BCUT2D eigenvalue weighted by Crippen LogP contribution is 2.61. The lowest BCUT2D eigenvalue weighted by molar-refractivity contribution is 0.352. The van der Waals surface area contributed by atoms with E-state index in [4.69, 9.17) is 4.52 Å². The zero-order valence-corrected chi connectivity index (χ0v) is 11.3. The van der Waals surface area contributed by atoms with Crippen molar-refractivity contribution in [2.45, 2.75) is 13.8 Å². The first kappa shape index (κ1) is 13.6. The molecule has 1 aromatic rings. The van der Waals surface area contributed by atoms with Crippen molar-refractivity contribution in [3.05, 3.63) is 41.7 Å². The van der Waals surface area contributed by atoms with Gasteiger partial charge in [0.2, 0.25) is 0 Å². The molecule has 1 atom stereocenters. The second-order valence-corrected chi connectivity index (χ2v) is 7.87. The van der Waals surface area contributed by atoms with Gasteiger partial charge in [-0.2, -0.15) is 0 Å². The molecule has 0 heterocycles. The Bertz CT molecular complexity index is 366. The summed E-state index contributed by atoms with van der Waals surface area (Å²) in [4.78, 5) is 0. The van der Waals surface area contributed by atoms with Crippen molar-refractivity contribution in [3.8, 4) is 0 Å². The smallest absolute Gasteiger partial charge is 0.280 e. The van der Waals surface area contributed by atoms with Crippen molar-refractivity contribution in [1.29, 1.82) is 0 Å². The molecule has 1 unspecified atom stereocenters. The Morgan fingerprint density at radius 3 is 2.56 bits per heavy atom. The molecule has 16 heavy (non-hydrogen) atoms. The van der Waals surface area contributed by atoms with E-state index in [1.807, 2.05) is 50.3 Å². The maximum atomic E-state index is 12.2. The van der Waals surface area contributed by atoms with Gasteiger partial charge in [0.05, 0.1) is 6.61 Å². The van der Waals surface area contributed by atoms with Gasteiger partial charge in [0.15, 0.2) is 0 Å². The number of rotatable bonds is 6. The maximum Gasteiger partial charge on any atom is 0.280 e. The molecule has 0 aromatic heterocycles. The Morgan fingerprint density at radius 2 is 2.00 bits per heavy atom. The van der Waals surface area contributed by atoms with Crippen LogP contribution in [0, 0.1) is 0 Å². The van der Waals surface area contributed by atoms with E-state index in [1.54, 1.807) is 5.82 Å². The van der Waals surface area contributed by atoms with Crippen molar-refractivity contribution < 1.29 is 9.09 Å². The number of hydrogen-bond acceptors (Lipinski definition) is 3. The Balaban J connectivity index is 2.75. The monoisotopic (exact) mass is 256 g/mol. The molecule has 0 radical (unpaired) electrons. The molecule has 0 saturated heterocycles. The van der Waals surface area contributed by atoms with E-state index in [9.17, 15) is 4.57 Å². The first-order valence-electron chi connectivity index (χ1n) is 5.33. The Kier molecular flexibility index (Phi) is 5.89. The predicted octanol–water partition coefficient (Wildman–Crippen LogP) is 4.64. The zero-order valence-electron chi connectivity index (χ0n) is 9.63. The third kappa shape index (κ3) is 4.56. The molecule has 0 N–H and O–H groups in total. The summed E-state index contributed by atoms with van der Waals surface area (Å²) in [6.45, 7) is 1.67. The van der Waals surface area contributed by atoms with Crippen LogP contribution in [0.4, 0.5) is 0 Å². The minimum absolute atomic E-state index is 0.476. The molecule has 0 fully saturated rings. The van der Waals surface area contributed by atoms with Gasteiger partial charge in [-0.3, -0.25) is 4.57 Å². The summed E-state index contributed by atoms with van der Waals surface area (Å²) in [7, 11) is 0. The normalized spacial score (nSPS) is 15.1. The average molecular weight is 256 g/mol. The lowest BCUT2D eigenvalue weighted by Crippen LogP contribution is -1.83. The SMILES string of the molecule is CCOP(=O)(/C=C/c1ccccc1)SCC. The lowest BCUT2D eigenvalue weighted by atomic mass is 10.2. The van der Waals surface area contributed by atoms with Crippen molar-refractivity contribution >= 4 is 24.0 Å². The predicted molar refractivity (Wildman–Crippen MR) is 72.8 cm³/mol. The van der Waals surface area contributed by atoms with Crippen LogP contribution in [-0.4, -0.2) is 12.4 Å². The van der Waals surface area contributed by atoms with Gasteiger partial charge < -0.3 is 4.52 Å². The number of hydrogen-bond donors (Lipinski definition) is 0. The largest absolute Gasteiger partial charge is 0.319 e. The summed E-state index contributed by atoms with van der Waals surface area (Å²) < 4.78 is 17.6. The van der Waals surface area contributed by atoms with E-state index in [1.165, 1.54) is 11.4 Å². The number of benzene rings is 1. The Hall–Kier alpha value is -0.500. The Labute approximate surface area is 101 Å². The van der Waals surface area contributed by atoms with Gasteiger partial charge in [-0.25, -0.2) is 0 Å². The highest BCUT2D eigenvalue weighted by Gasteiger charge is 2.17. The summed E-state index contributed by atoms with van der Waals surface area (Å²) in [5.41, 5.74) is 1.04. The molecule has 0 aliphatic carbocycles. The van der Waals surface area contributed by atoms with Crippen molar-refractivity contribution in [2.75, 3.05) is 12.4 Å². The molecule has 0 amide bonds. The minimum Gasteiger partial charge on any atom is -0.319 e. The van der Waals surface area contributed by atoms with Gasteiger partial charge in [-0.15, -0.1) is 0 Å². The first-order chi connectivity index (χ1) is 7.70. The van der Waals surface area contributed by atoms with Gasteiger partial charge in [-0.1, -0.05) is 48.6 Å². The van der Waals surface area contributed by atoms with Crippen LogP contribution in [0.5, 0.6) is 0 Å². The molecule has 0 aliphatic rings. The molecular formula is C12H17O2PS. The molecule has 88 valence electrons. The molecule has 1 rings (SSSR count). The highest BCUT2D eigenvalue weighted by atomic mass is 32.7. The van der Waals surface area contributed by atoms with E-state index in [2.05, 4.69) is 0 Å². The summed E-state index contributed by atoms with van der Waals surface area (Å²) >= 11 is 1.37. The highest BCUT2D eigenvalue weighted by molar-refractivity contribution is 8.57. The summed E-state index contributed by atoms with van der Waals surface area (Å²) in [5.74, 6) is 2.48. The van der Waals surface area contributed by atoms with Crippen LogP contribution in [0.3, 0.4) is 0 Å². The van der Waals surface area contributed by atoms with Gasteiger partial charge in [-0.05, 0) is 24.3 Å². The van der Waals surface area contributed by atoms with E-state index >= 15 is 0 Å². The summed E-state index contributed by atoms with van der Waals surface area (Å²) in [5, 5.41) is 0. The quantitative estimate of drug-likeness (QED) is 0.693. The molecule has 0 bridgehead atoms. The van der Waals surface area contributed by atoms with Crippen LogP contribution in [0.2, 0.25) is 0 Å². The fraction of sp³-hybridized carbons (Fsp3) is 0.333. The molecule has 1 aromatic carbocycles. The van der Waals surface area contributed by atoms with Crippen molar-refractivity contribution in [1.82, 2.24) is 0 Å². The van der Waals surface area contributed by atoms with E-state index < -0.39 is 6.57 Å². The standard InChI is InChI=1S/C12H17O2PS/c1-3-14-15(13,16-4-2)11-10-12-8-6-5-7-9-12/h5-11H,3-4H2,1-2H3/b11-10+. The topological polar surface area (TPSA) is 26.3 Å². The van der Waals surface area contributed by atoms with Gasteiger partial charge in [0, 0.05) is 5.82 Å². The molecule has 0 saturated carbocycles. The lowest BCUT2D eigenvalue weighted by Gasteiger charge is -2.11. The first-order valence-corrected chi connectivity index (χ1v) is 8.61. The second-order valence-electron chi connectivity index (χ2n) is 3.10. The Morgan fingerprint density at radius 1 is 1.31 bits per heavy atom. The maximum absolute atomic E-state index is 12.2. The third-order valence-electron chi connectivity index (χ3n) is 1.87. The van der Waals surface area contributed by atoms with E-state index in [0.717, 1.165) is 11.3 Å².